The molecule has 0 radical (unpaired) electrons. The number of hydrogen-bond donors (Lipinski definition) is 1. The zero-order valence-electron chi connectivity index (χ0n) is 10.7. The zero-order valence-corrected chi connectivity index (χ0v) is 12.2. The fourth-order valence-electron chi connectivity index (χ4n) is 2.26. The first kappa shape index (κ1) is 13.6. The van der Waals surface area contributed by atoms with Crippen LogP contribution in [0, 0.1) is 0 Å². The predicted octanol–water partition coefficient (Wildman–Crippen LogP) is 2.20. The van der Waals surface area contributed by atoms with Gasteiger partial charge in [0.1, 0.15) is 0 Å². The van der Waals surface area contributed by atoms with E-state index in [0.29, 0.717) is 12.5 Å². The molecule has 1 atom stereocenters. The van der Waals surface area contributed by atoms with Crippen molar-refractivity contribution in [1.82, 2.24) is 10.2 Å². The predicted molar refractivity (Wildman–Crippen MR) is 76.5 cm³/mol. The normalized spacial score (nSPS) is 19.9. The van der Waals surface area contributed by atoms with Crippen LogP contribution >= 0.6 is 15.9 Å². The minimum atomic E-state index is 0.267. The van der Waals surface area contributed by atoms with Crippen LogP contribution in [0.4, 0.5) is 0 Å². The van der Waals surface area contributed by atoms with Gasteiger partial charge in [-0.25, -0.2) is 0 Å². The summed E-state index contributed by atoms with van der Waals surface area (Å²) in [6.45, 7) is 4.69. The van der Waals surface area contributed by atoms with Gasteiger partial charge in [-0.15, -0.1) is 0 Å². The summed E-state index contributed by atoms with van der Waals surface area (Å²) in [5, 5.41) is 3.35. The molecule has 1 N–H and O–H groups in total. The molecule has 0 saturated carbocycles. The highest BCUT2D eigenvalue weighted by Crippen LogP contribution is 2.13. The molecule has 2 rings (SSSR count). The smallest absolute Gasteiger partial charge is 0.222 e. The van der Waals surface area contributed by atoms with Gasteiger partial charge in [-0.3, -0.25) is 4.79 Å². The van der Waals surface area contributed by atoms with Gasteiger partial charge in [-0.1, -0.05) is 28.1 Å². The second-order valence-electron chi connectivity index (χ2n) is 4.82. The number of rotatable bonds is 3. The van der Waals surface area contributed by atoms with E-state index in [2.05, 4.69) is 40.3 Å². The highest BCUT2D eigenvalue weighted by atomic mass is 79.9. The highest BCUT2D eigenvalue weighted by molar-refractivity contribution is 9.10. The van der Waals surface area contributed by atoms with Crippen LogP contribution in [0.2, 0.25) is 0 Å². The van der Waals surface area contributed by atoms with E-state index in [1.165, 1.54) is 5.56 Å². The zero-order chi connectivity index (χ0) is 13.0. The quantitative estimate of drug-likeness (QED) is 0.928. The number of nitrogens with zero attached hydrogens (tertiary/aromatic N) is 1. The van der Waals surface area contributed by atoms with Gasteiger partial charge in [-0.05, 0) is 31.0 Å². The Hall–Kier alpha value is -0.870. The molecule has 0 bridgehead atoms. The molecule has 4 heteroatoms. The van der Waals surface area contributed by atoms with Crippen LogP contribution in [0.25, 0.3) is 0 Å². The fourth-order valence-corrected chi connectivity index (χ4v) is 2.71. The first-order valence-corrected chi connectivity index (χ1v) is 7.20. The van der Waals surface area contributed by atoms with Crippen LogP contribution in [0.15, 0.2) is 28.7 Å². The second kappa shape index (κ2) is 6.34. The molecule has 0 spiro atoms. The lowest BCUT2D eigenvalue weighted by Gasteiger charge is -2.32. The molecular formula is C14H19BrN2O. The van der Waals surface area contributed by atoms with Crippen LogP contribution in [0.5, 0.6) is 0 Å². The van der Waals surface area contributed by atoms with Crippen molar-refractivity contribution in [2.24, 2.45) is 0 Å². The van der Waals surface area contributed by atoms with Crippen LogP contribution in [-0.4, -0.2) is 36.5 Å². The molecule has 1 saturated heterocycles. The van der Waals surface area contributed by atoms with Crippen molar-refractivity contribution >= 4 is 21.8 Å². The van der Waals surface area contributed by atoms with Gasteiger partial charge < -0.3 is 10.2 Å². The summed E-state index contributed by atoms with van der Waals surface area (Å²) in [5.41, 5.74) is 1.21. The van der Waals surface area contributed by atoms with E-state index in [9.17, 15) is 4.79 Å². The maximum Gasteiger partial charge on any atom is 0.222 e. The van der Waals surface area contributed by atoms with Gasteiger partial charge >= 0.3 is 0 Å². The summed E-state index contributed by atoms with van der Waals surface area (Å²) in [4.78, 5) is 14.1. The van der Waals surface area contributed by atoms with Gasteiger partial charge in [0.05, 0.1) is 0 Å². The van der Waals surface area contributed by atoms with E-state index < -0.39 is 0 Å². The molecule has 1 aromatic rings. The van der Waals surface area contributed by atoms with E-state index in [1.807, 2.05) is 17.0 Å². The summed E-state index contributed by atoms with van der Waals surface area (Å²) in [6, 6.07) is 8.57. The average Bonchev–Trinajstić information content (AvgIpc) is 2.36. The lowest BCUT2D eigenvalue weighted by atomic mass is 10.1. The number of amides is 1. The number of halogens is 1. The van der Waals surface area contributed by atoms with Gasteiger partial charge in [0, 0.05) is 36.6 Å². The largest absolute Gasteiger partial charge is 0.340 e. The third kappa shape index (κ3) is 3.82. The van der Waals surface area contributed by atoms with Crippen LogP contribution in [0.1, 0.15) is 18.9 Å². The summed E-state index contributed by atoms with van der Waals surface area (Å²) in [5.74, 6) is 0.267. The average molecular weight is 311 g/mol. The molecule has 1 heterocycles. The molecule has 18 heavy (non-hydrogen) atoms. The minimum absolute atomic E-state index is 0.267. The van der Waals surface area contributed by atoms with Crippen molar-refractivity contribution in [3.63, 3.8) is 0 Å². The highest BCUT2D eigenvalue weighted by Gasteiger charge is 2.19. The van der Waals surface area contributed by atoms with E-state index in [-0.39, 0.29) is 5.91 Å². The molecule has 0 aliphatic carbocycles. The third-order valence-corrected chi connectivity index (χ3v) is 3.73. The van der Waals surface area contributed by atoms with Crippen LogP contribution in [0.3, 0.4) is 0 Å². The second-order valence-corrected chi connectivity index (χ2v) is 5.74. The number of piperazine rings is 1. The number of carbonyl (C=O) groups excluding carboxylic acids is 1. The van der Waals surface area contributed by atoms with E-state index in [1.54, 1.807) is 0 Å². The van der Waals surface area contributed by atoms with Crippen molar-refractivity contribution < 1.29 is 4.79 Å². The Morgan fingerprint density at radius 1 is 1.56 bits per heavy atom. The van der Waals surface area contributed by atoms with Gasteiger partial charge in [0.15, 0.2) is 0 Å². The minimum Gasteiger partial charge on any atom is -0.340 e. The van der Waals surface area contributed by atoms with E-state index in [4.69, 9.17) is 0 Å². The molecule has 1 fully saturated rings. The van der Waals surface area contributed by atoms with Crippen LogP contribution in [-0.2, 0) is 11.2 Å². The SMILES string of the molecule is C[C@@H]1CN(C(=O)CCc2cccc(Br)c2)CCN1. The summed E-state index contributed by atoms with van der Waals surface area (Å²) < 4.78 is 1.07. The monoisotopic (exact) mass is 310 g/mol. The fraction of sp³-hybridized carbons (Fsp3) is 0.500. The molecule has 1 aliphatic rings. The Morgan fingerprint density at radius 2 is 2.39 bits per heavy atom. The van der Waals surface area contributed by atoms with Gasteiger partial charge in [0.25, 0.3) is 0 Å². The Bertz CT molecular complexity index is 422. The Kier molecular flexibility index (Phi) is 4.78. The number of hydrogen-bond acceptors (Lipinski definition) is 2. The maximum absolute atomic E-state index is 12.1. The molecule has 98 valence electrons. The number of aryl methyl sites for hydroxylation is 1. The first-order valence-electron chi connectivity index (χ1n) is 6.41. The van der Waals surface area contributed by atoms with Gasteiger partial charge in [-0.2, -0.15) is 0 Å². The third-order valence-electron chi connectivity index (χ3n) is 3.24. The number of carbonyl (C=O) groups is 1. The molecular weight excluding hydrogens is 292 g/mol. The number of nitrogens with one attached hydrogen (secondary N) is 1. The lowest BCUT2D eigenvalue weighted by Crippen LogP contribution is -2.51. The molecule has 1 aliphatic heterocycles. The topological polar surface area (TPSA) is 32.3 Å². The molecule has 0 aromatic heterocycles. The van der Waals surface area contributed by atoms with Crippen molar-refractivity contribution in [3.8, 4) is 0 Å². The first-order chi connectivity index (χ1) is 8.65. The summed E-state index contributed by atoms with van der Waals surface area (Å²) >= 11 is 3.45. The van der Waals surface area contributed by atoms with Crippen molar-refractivity contribution in [2.75, 3.05) is 19.6 Å². The van der Waals surface area contributed by atoms with Crippen molar-refractivity contribution in [3.05, 3.63) is 34.3 Å². The van der Waals surface area contributed by atoms with Crippen LogP contribution < -0.4 is 5.32 Å². The molecule has 0 unspecified atom stereocenters. The van der Waals surface area contributed by atoms with Crippen molar-refractivity contribution in [2.45, 2.75) is 25.8 Å². The van der Waals surface area contributed by atoms with E-state index >= 15 is 0 Å². The Labute approximate surface area is 117 Å². The maximum atomic E-state index is 12.1. The van der Waals surface area contributed by atoms with Gasteiger partial charge in [0.2, 0.25) is 5.91 Å². The molecule has 1 aromatic carbocycles. The summed E-state index contributed by atoms with van der Waals surface area (Å²) in [6.07, 6.45) is 1.42. The lowest BCUT2D eigenvalue weighted by molar-refractivity contribution is -0.132. The molecule has 1 amide bonds. The number of benzene rings is 1. The standard InChI is InChI=1S/C14H19BrN2O/c1-11-10-17(8-7-16-11)14(18)6-5-12-3-2-4-13(15)9-12/h2-4,9,11,16H,5-8,10H2,1H3/t11-/m1/s1. The molecule has 3 nitrogen and oxygen atoms in total. The Balaban J connectivity index is 1.84. The summed E-state index contributed by atoms with van der Waals surface area (Å²) in [7, 11) is 0. The Morgan fingerprint density at radius 3 is 3.11 bits per heavy atom. The van der Waals surface area contributed by atoms with Crippen molar-refractivity contribution in [1.29, 1.82) is 0 Å². The van der Waals surface area contributed by atoms with E-state index in [0.717, 1.165) is 30.5 Å².